The van der Waals surface area contributed by atoms with Crippen LogP contribution >= 0.6 is 0 Å². The van der Waals surface area contributed by atoms with Gasteiger partial charge in [0, 0.05) is 0 Å². The molecule has 0 aromatic heterocycles. The van der Waals surface area contributed by atoms with Crippen LogP contribution in [0.1, 0.15) is 45.1 Å². The third kappa shape index (κ3) is 5.61. The zero-order valence-corrected chi connectivity index (χ0v) is 10.1. The van der Waals surface area contributed by atoms with E-state index in [9.17, 15) is 0 Å². The summed E-state index contributed by atoms with van der Waals surface area (Å²) in [6.07, 6.45) is 9.00. The summed E-state index contributed by atoms with van der Waals surface area (Å²) in [6.45, 7) is 4.59. The summed E-state index contributed by atoms with van der Waals surface area (Å²) in [5.41, 5.74) is 1.43. The highest BCUT2D eigenvalue weighted by molar-refractivity contribution is 5.16. The number of rotatable bonds is 7. The molecule has 0 heterocycles. The molecule has 1 unspecified atom stereocenters. The van der Waals surface area contributed by atoms with Gasteiger partial charge >= 0.3 is 0 Å². The fourth-order valence-electron chi connectivity index (χ4n) is 1.79. The van der Waals surface area contributed by atoms with E-state index in [1.54, 1.807) is 0 Å². The highest BCUT2D eigenvalue weighted by Crippen LogP contribution is 2.14. The van der Waals surface area contributed by atoms with E-state index >= 15 is 0 Å². The molecule has 15 heavy (non-hydrogen) atoms. The predicted molar refractivity (Wildman–Crippen MR) is 67.8 cm³/mol. The lowest BCUT2D eigenvalue weighted by molar-refractivity contribution is 0.541. The van der Waals surface area contributed by atoms with Gasteiger partial charge in [0.25, 0.3) is 0 Å². The second-order valence-electron chi connectivity index (χ2n) is 4.40. The first-order valence-corrected chi connectivity index (χ1v) is 6.20. The van der Waals surface area contributed by atoms with Crippen LogP contribution in [0.5, 0.6) is 0 Å². The Morgan fingerprint density at radius 1 is 1.13 bits per heavy atom. The topological polar surface area (TPSA) is 0 Å². The van der Waals surface area contributed by atoms with Crippen molar-refractivity contribution in [1.82, 2.24) is 0 Å². The van der Waals surface area contributed by atoms with E-state index in [-0.39, 0.29) is 0 Å². The molecule has 1 aromatic rings. The third-order valence-corrected chi connectivity index (χ3v) is 2.86. The Bertz CT molecular complexity index is 237. The zero-order chi connectivity index (χ0) is 10.9. The number of benzene rings is 1. The van der Waals surface area contributed by atoms with E-state index in [4.69, 9.17) is 0 Å². The van der Waals surface area contributed by atoms with E-state index in [0.717, 1.165) is 12.3 Å². The zero-order valence-electron chi connectivity index (χ0n) is 10.1. The van der Waals surface area contributed by atoms with Crippen molar-refractivity contribution in [2.45, 2.75) is 46.0 Å². The second kappa shape index (κ2) is 7.50. The highest BCUT2D eigenvalue weighted by atomic mass is 14.1. The summed E-state index contributed by atoms with van der Waals surface area (Å²) in [7, 11) is 0. The van der Waals surface area contributed by atoms with Crippen LogP contribution in [0.3, 0.4) is 0 Å². The van der Waals surface area contributed by atoms with Crippen LogP contribution in [-0.2, 0) is 6.42 Å². The van der Waals surface area contributed by atoms with Gasteiger partial charge in [-0.2, -0.15) is 0 Å². The third-order valence-electron chi connectivity index (χ3n) is 2.86. The van der Waals surface area contributed by atoms with E-state index in [0.29, 0.717) is 0 Å². The van der Waals surface area contributed by atoms with Crippen molar-refractivity contribution in [3.05, 3.63) is 42.3 Å². The lowest BCUT2D eigenvalue weighted by Gasteiger charge is -2.10. The molecule has 1 radical (unpaired) electrons. The molecule has 1 rings (SSSR count). The normalized spacial score (nSPS) is 12.7. The number of hydrogen-bond donors (Lipinski definition) is 0. The van der Waals surface area contributed by atoms with Crippen LogP contribution in [0.25, 0.3) is 0 Å². The summed E-state index contributed by atoms with van der Waals surface area (Å²) < 4.78 is 0. The molecule has 0 heteroatoms. The summed E-state index contributed by atoms with van der Waals surface area (Å²) >= 11 is 0. The number of unbranched alkanes of at least 4 members (excludes halogenated alkanes) is 2. The molecule has 0 N–H and O–H groups in total. The van der Waals surface area contributed by atoms with Crippen molar-refractivity contribution in [3.63, 3.8) is 0 Å². The van der Waals surface area contributed by atoms with Crippen molar-refractivity contribution in [1.29, 1.82) is 0 Å². The number of hydrogen-bond acceptors (Lipinski definition) is 0. The largest absolute Gasteiger partial charge is 0.0654 e. The van der Waals surface area contributed by atoms with Crippen LogP contribution in [0, 0.1) is 12.3 Å². The molecule has 0 saturated heterocycles. The van der Waals surface area contributed by atoms with Gasteiger partial charge in [-0.25, -0.2) is 0 Å². The first-order chi connectivity index (χ1) is 7.33. The van der Waals surface area contributed by atoms with Crippen molar-refractivity contribution in [2.75, 3.05) is 0 Å². The Balaban J connectivity index is 2.14. The van der Waals surface area contributed by atoms with Gasteiger partial charge < -0.3 is 0 Å². The van der Waals surface area contributed by atoms with E-state index in [1.807, 2.05) is 0 Å². The molecule has 0 aliphatic carbocycles. The van der Waals surface area contributed by atoms with Crippen molar-refractivity contribution < 1.29 is 0 Å². The first-order valence-electron chi connectivity index (χ1n) is 6.20. The fraction of sp³-hybridized carbons (Fsp3) is 0.533. The van der Waals surface area contributed by atoms with Crippen LogP contribution in [0.2, 0.25) is 0 Å². The Labute approximate surface area is 94.7 Å². The van der Waals surface area contributed by atoms with Crippen LogP contribution < -0.4 is 0 Å². The average molecular weight is 203 g/mol. The van der Waals surface area contributed by atoms with Gasteiger partial charge in [0.1, 0.15) is 0 Å². The second-order valence-corrected chi connectivity index (χ2v) is 4.40. The minimum Gasteiger partial charge on any atom is -0.0654 e. The highest BCUT2D eigenvalue weighted by Gasteiger charge is 2.02. The standard InChI is InChI=1S/C15H23/c1-3-4-6-9-14(2)12-13-15-10-7-5-8-11-15/h5,7-8,10-12,14H,3-4,6,9,13H2,1-2H3. The smallest absolute Gasteiger partial charge is 0.0245 e. The summed E-state index contributed by atoms with van der Waals surface area (Å²) in [5.74, 6) is 0.761. The maximum absolute atomic E-state index is 2.45. The van der Waals surface area contributed by atoms with Gasteiger partial charge in [-0.15, -0.1) is 0 Å². The van der Waals surface area contributed by atoms with Gasteiger partial charge in [0.05, 0.1) is 0 Å². The minimum absolute atomic E-state index is 0.761. The van der Waals surface area contributed by atoms with Crippen LogP contribution in [0.4, 0.5) is 0 Å². The molecule has 0 amide bonds. The molecular weight excluding hydrogens is 180 g/mol. The fourth-order valence-corrected chi connectivity index (χ4v) is 1.79. The van der Waals surface area contributed by atoms with Gasteiger partial charge in [-0.05, 0) is 24.3 Å². The lowest BCUT2D eigenvalue weighted by atomic mass is 9.96. The van der Waals surface area contributed by atoms with Gasteiger partial charge in [-0.1, -0.05) is 69.9 Å². The van der Waals surface area contributed by atoms with Crippen LogP contribution in [-0.4, -0.2) is 0 Å². The molecule has 0 saturated carbocycles. The van der Waals surface area contributed by atoms with E-state index in [2.05, 4.69) is 50.6 Å². The monoisotopic (exact) mass is 203 g/mol. The predicted octanol–water partition coefficient (Wildman–Crippen LogP) is 4.65. The first kappa shape index (κ1) is 12.3. The Morgan fingerprint density at radius 2 is 1.87 bits per heavy atom. The molecule has 1 atom stereocenters. The maximum Gasteiger partial charge on any atom is -0.0245 e. The SMILES string of the molecule is CCCCCC(C)[CH]Cc1ccccc1. The van der Waals surface area contributed by atoms with Crippen molar-refractivity contribution in [2.24, 2.45) is 5.92 Å². The van der Waals surface area contributed by atoms with Crippen molar-refractivity contribution >= 4 is 0 Å². The lowest BCUT2D eigenvalue weighted by Crippen LogP contribution is -1.98. The molecular formula is C15H23. The maximum atomic E-state index is 2.45. The van der Waals surface area contributed by atoms with Gasteiger partial charge in [0.15, 0.2) is 0 Å². The van der Waals surface area contributed by atoms with E-state index in [1.165, 1.54) is 31.2 Å². The molecule has 0 aliphatic rings. The molecule has 0 aliphatic heterocycles. The summed E-state index contributed by atoms with van der Waals surface area (Å²) in [4.78, 5) is 0. The molecule has 0 fully saturated rings. The molecule has 0 spiro atoms. The quantitative estimate of drug-likeness (QED) is 0.566. The van der Waals surface area contributed by atoms with Crippen LogP contribution in [0.15, 0.2) is 30.3 Å². The summed E-state index contributed by atoms with van der Waals surface area (Å²) in [5, 5.41) is 0. The van der Waals surface area contributed by atoms with E-state index < -0.39 is 0 Å². The molecule has 1 aromatic carbocycles. The van der Waals surface area contributed by atoms with Gasteiger partial charge in [0.2, 0.25) is 0 Å². The molecule has 0 bridgehead atoms. The Kier molecular flexibility index (Phi) is 6.15. The minimum atomic E-state index is 0.761. The summed E-state index contributed by atoms with van der Waals surface area (Å²) in [6, 6.07) is 10.7. The Morgan fingerprint density at radius 3 is 2.53 bits per heavy atom. The van der Waals surface area contributed by atoms with Gasteiger partial charge in [-0.3, -0.25) is 0 Å². The average Bonchev–Trinajstić information content (AvgIpc) is 2.28. The Hall–Kier alpha value is -0.780. The van der Waals surface area contributed by atoms with Crippen molar-refractivity contribution in [3.8, 4) is 0 Å². The molecule has 83 valence electrons. The molecule has 0 nitrogen and oxygen atoms in total.